The van der Waals surface area contributed by atoms with Crippen LogP contribution in [0, 0.1) is 0 Å². The molecule has 127 valence electrons. The Morgan fingerprint density at radius 3 is 2.32 bits per heavy atom. The van der Waals surface area contributed by atoms with Crippen LogP contribution >= 0.6 is 0 Å². The van der Waals surface area contributed by atoms with E-state index >= 15 is 0 Å². The number of rotatable bonds is 1. The van der Waals surface area contributed by atoms with Gasteiger partial charge < -0.3 is 24.8 Å². The van der Waals surface area contributed by atoms with E-state index in [2.05, 4.69) is 81.5 Å². The van der Waals surface area contributed by atoms with E-state index in [0.717, 1.165) is 6.42 Å². The van der Waals surface area contributed by atoms with Crippen molar-refractivity contribution in [2.75, 3.05) is 0 Å². The molecule has 1 aliphatic carbocycles. The van der Waals surface area contributed by atoms with Crippen molar-refractivity contribution in [3.05, 3.63) is 71.8 Å². The molecule has 1 radical (unpaired) electrons. The van der Waals surface area contributed by atoms with Gasteiger partial charge in [0.05, 0.1) is 0 Å². The van der Waals surface area contributed by atoms with Crippen LogP contribution in [0.3, 0.4) is 0 Å². The van der Waals surface area contributed by atoms with Crippen LogP contribution in [0.25, 0.3) is 27.1 Å². The minimum absolute atomic E-state index is 0. The van der Waals surface area contributed by atoms with Gasteiger partial charge in [0.25, 0.3) is 0 Å². The Morgan fingerprint density at radius 2 is 1.68 bits per heavy atom. The van der Waals surface area contributed by atoms with Crippen LogP contribution in [-0.4, -0.2) is 0 Å². The molecular formula is C22H21Cl2Zr. The van der Waals surface area contributed by atoms with Gasteiger partial charge in [-0.15, -0.1) is 33.7 Å². The largest absolute Gasteiger partial charge is 3.00 e. The molecule has 0 aromatic heterocycles. The molecule has 0 saturated heterocycles. The molecule has 0 spiro atoms. The molecule has 3 heteroatoms. The summed E-state index contributed by atoms with van der Waals surface area (Å²) in [5.74, 6) is 0. The number of hydrogen-bond acceptors (Lipinski definition) is 0. The van der Waals surface area contributed by atoms with Crippen LogP contribution in [-0.2, 0) is 31.6 Å². The molecule has 1 aliphatic rings. The first kappa shape index (κ1) is 22.3. The van der Waals surface area contributed by atoms with Gasteiger partial charge in [-0.2, -0.15) is 0 Å². The Bertz CT molecular complexity index is 940. The third-order valence-corrected chi connectivity index (χ3v) is 4.71. The summed E-state index contributed by atoms with van der Waals surface area (Å²) in [6.45, 7) is 6.89. The van der Waals surface area contributed by atoms with Crippen molar-refractivity contribution in [3.8, 4) is 0 Å². The zero-order valence-electron chi connectivity index (χ0n) is 14.7. The molecule has 0 N–H and O–H groups in total. The molecule has 25 heavy (non-hydrogen) atoms. The molecule has 0 amide bonds. The first-order valence-corrected chi connectivity index (χ1v) is 8.03. The van der Waals surface area contributed by atoms with Crippen molar-refractivity contribution in [3.63, 3.8) is 0 Å². The molecule has 0 atom stereocenters. The second-order valence-corrected chi connectivity index (χ2v) is 7.29. The Kier molecular flexibility index (Phi) is 7.40. The Morgan fingerprint density at radius 1 is 0.960 bits per heavy atom. The molecule has 0 nitrogen and oxygen atoms in total. The minimum Gasteiger partial charge on any atom is -1.00 e. The Balaban J connectivity index is 0.00000104. The summed E-state index contributed by atoms with van der Waals surface area (Å²) >= 11 is 0. The monoisotopic (exact) mass is 445 g/mol. The summed E-state index contributed by atoms with van der Waals surface area (Å²) in [6, 6.07) is 15.9. The first-order valence-electron chi connectivity index (χ1n) is 8.03. The molecule has 3 aromatic carbocycles. The Hall–Kier alpha value is -0.747. The molecule has 4 rings (SSSR count). The standard InChI is InChI=1S/C22H21.2ClH.Zr/c1-22(2,3)17-13-19(15-8-4-5-9-15)20-12-16-10-6-7-11-18(16)21(20)14-17;;;/h4-8,10-14H,9H2,1-3H3;2*1H;/q-1;;;+3/p-2. The molecule has 0 unspecified atom stereocenters. The van der Waals surface area contributed by atoms with Gasteiger partial charge in [-0.05, 0) is 11.8 Å². The number of benzene rings is 2. The van der Waals surface area contributed by atoms with Crippen molar-refractivity contribution in [2.45, 2.75) is 32.6 Å². The SMILES string of the molecule is CC(C)(C)c1cc(C2=CC=CC2)c2[cH-]c3ccccc3c2c1.[Cl-].[Cl-].[Zr+3]. The number of allylic oxidation sites excluding steroid dienone is 4. The van der Waals surface area contributed by atoms with Crippen LogP contribution in [0.5, 0.6) is 0 Å². The second-order valence-electron chi connectivity index (χ2n) is 7.29. The first-order chi connectivity index (χ1) is 10.5. The van der Waals surface area contributed by atoms with Gasteiger partial charge >= 0.3 is 26.2 Å². The number of fused-ring (bicyclic) bond motifs is 3. The van der Waals surface area contributed by atoms with E-state index in [4.69, 9.17) is 0 Å². The molecule has 0 fully saturated rings. The van der Waals surface area contributed by atoms with E-state index < -0.39 is 0 Å². The maximum Gasteiger partial charge on any atom is 3.00 e. The van der Waals surface area contributed by atoms with Crippen molar-refractivity contribution < 1.29 is 51.0 Å². The summed E-state index contributed by atoms with van der Waals surface area (Å²) in [4.78, 5) is 0. The summed E-state index contributed by atoms with van der Waals surface area (Å²) in [6.07, 6.45) is 7.73. The van der Waals surface area contributed by atoms with Gasteiger partial charge in [-0.3, -0.25) is 0 Å². The Labute approximate surface area is 181 Å². The summed E-state index contributed by atoms with van der Waals surface area (Å²) in [5, 5.41) is 5.50. The predicted molar refractivity (Wildman–Crippen MR) is 97.5 cm³/mol. The zero-order chi connectivity index (χ0) is 15.3. The maximum absolute atomic E-state index is 2.40. The zero-order valence-corrected chi connectivity index (χ0v) is 18.7. The summed E-state index contributed by atoms with van der Waals surface area (Å²) in [5.41, 5.74) is 4.42. The van der Waals surface area contributed by atoms with E-state index in [1.165, 1.54) is 38.2 Å². The van der Waals surface area contributed by atoms with E-state index in [1.807, 2.05) is 0 Å². The van der Waals surface area contributed by atoms with Crippen LogP contribution in [0.1, 0.15) is 38.3 Å². The molecule has 0 saturated carbocycles. The van der Waals surface area contributed by atoms with Gasteiger partial charge in [0, 0.05) is 0 Å². The predicted octanol–water partition coefficient (Wildman–Crippen LogP) is 0.358. The topological polar surface area (TPSA) is 0 Å². The third kappa shape index (κ3) is 4.00. The fourth-order valence-electron chi connectivity index (χ4n) is 3.40. The quantitative estimate of drug-likeness (QED) is 0.473. The molecule has 0 heterocycles. The third-order valence-electron chi connectivity index (χ3n) is 4.71. The molecule has 3 aromatic rings. The van der Waals surface area contributed by atoms with Crippen molar-refractivity contribution in [2.24, 2.45) is 0 Å². The van der Waals surface area contributed by atoms with Crippen LogP contribution in [0.4, 0.5) is 0 Å². The second kappa shape index (κ2) is 8.30. The summed E-state index contributed by atoms with van der Waals surface area (Å²) in [7, 11) is 0. The van der Waals surface area contributed by atoms with Crippen LogP contribution in [0.2, 0.25) is 0 Å². The van der Waals surface area contributed by atoms with Gasteiger partial charge in [-0.1, -0.05) is 86.0 Å². The molecule has 0 bridgehead atoms. The number of hydrogen-bond donors (Lipinski definition) is 0. The van der Waals surface area contributed by atoms with Gasteiger partial charge in [-0.25, -0.2) is 0 Å². The maximum atomic E-state index is 2.40. The van der Waals surface area contributed by atoms with Crippen molar-refractivity contribution >= 4 is 27.1 Å². The average Bonchev–Trinajstić information content (AvgIpc) is 3.12. The minimum atomic E-state index is 0. The molecular weight excluding hydrogens is 426 g/mol. The van der Waals surface area contributed by atoms with Crippen LogP contribution < -0.4 is 24.8 Å². The summed E-state index contributed by atoms with van der Waals surface area (Å²) < 4.78 is 0. The van der Waals surface area contributed by atoms with E-state index in [0.29, 0.717) is 0 Å². The average molecular weight is 448 g/mol. The van der Waals surface area contributed by atoms with E-state index in [1.54, 1.807) is 0 Å². The van der Waals surface area contributed by atoms with Crippen molar-refractivity contribution in [1.82, 2.24) is 0 Å². The normalized spacial score (nSPS) is 13.2. The van der Waals surface area contributed by atoms with E-state index in [9.17, 15) is 0 Å². The molecule has 0 aliphatic heterocycles. The van der Waals surface area contributed by atoms with Gasteiger partial charge in [0.2, 0.25) is 0 Å². The smallest absolute Gasteiger partial charge is 1.00 e. The fraction of sp³-hybridized carbons (Fsp3) is 0.227. The van der Waals surface area contributed by atoms with E-state index in [-0.39, 0.29) is 56.4 Å². The number of halogens is 2. The fourth-order valence-corrected chi connectivity index (χ4v) is 3.40. The van der Waals surface area contributed by atoms with Gasteiger partial charge in [0.15, 0.2) is 0 Å². The van der Waals surface area contributed by atoms with Gasteiger partial charge in [0.1, 0.15) is 0 Å². The van der Waals surface area contributed by atoms with Crippen LogP contribution in [0.15, 0.2) is 60.7 Å². The van der Waals surface area contributed by atoms with Crippen molar-refractivity contribution in [1.29, 1.82) is 0 Å².